The van der Waals surface area contributed by atoms with Crippen LogP contribution in [0.15, 0.2) is 0 Å². The highest BCUT2D eigenvalue weighted by Crippen LogP contribution is 2.15. The van der Waals surface area contributed by atoms with Gasteiger partial charge in [0.15, 0.2) is 0 Å². The molecule has 1 rings (SSSR count). The summed E-state index contributed by atoms with van der Waals surface area (Å²) in [5.74, 6) is 0. The predicted octanol–water partition coefficient (Wildman–Crippen LogP) is 0.783. The maximum absolute atomic E-state index is 9.30. The van der Waals surface area contributed by atoms with Crippen molar-refractivity contribution in [3.05, 3.63) is 0 Å². The van der Waals surface area contributed by atoms with E-state index < -0.39 is 0 Å². The quantitative estimate of drug-likeness (QED) is 0.726. The van der Waals surface area contributed by atoms with Gasteiger partial charge in [-0.3, -0.25) is 0 Å². The highest BCUT2D eigenvalue weighted by molar-refractivity contribution is 4.78. The lowest BCUT2D eigenvalue weighted by atomic mass is 10.0. The van der Waals surface area contributed by atoms with Crippen LogP contribution in [0, 0.1) is 0 Å². The van der Waals surface area contributed by atoms with Crippen molar-refractivity contribution in [2.75, 3.05) is 33.2 Å². The van der Waals surface area contributed by atoms with Gasteiger partial charge in [-0.1, -0.05) is 6.92 Å². The van der Waals surface area contributed by atoms with Crippen LogP contribution in [0.25, 0.3) is 0 Å². The summed E-state index contributed by atoms with van der Waals surface area (Å²) in [6, 6.07) is 0.674. The van der Waals surface area contributed by atoms with Gasteiger partial charge in [0, 0.05) is 12.6 Å². The Morgan fingerprint density at radius 2 is 2.00 bits per heavy atom. The molecule has 0 aromatic carbocycles. The van der Waals surface area contributed by atoms with Gasteiger partial charge in [-0.15, -0.1) is 0 Å². The zero-order valence-corrected chi connectivity index (χ0v) is 9.74. The molecule has 1 aliphatic rings. The van der Waals surface area contributed by atoms with E-state index in [0.717, 1.165) is 6.54 Å². The summed E-state index contributed by atoms with van der Waals surface area (Å²) in [5.41, 5.74) is 0. The van der Waals surface area contributed by atoms with Crippen LogP contribution in [0.1, 0.15) is 26.7 Å². The Labute approximate surface area is 87.7 Å². The molecule has 0 radical (unpaired) electrons. The smallest absolute Gasteiger partial charge is 0.0639 e. The van der Waals surface area contributed by atoms with Crippen molar-refractivity contribution >= 4 is 0 Å². The number of aliphatic hydroxyl groups excluding tert-OH is 1. The largest absolute Gasteiger partial charge is 0.392 e. The Balaban J connectivity index is 2.26. The van der Waals surface area contributed by atoms with Crippen molar-refractivity contribution in [2.45, 2.75) is 38.8 Å². The van der Waals surface area contributed by atoms with Gasteiger partial charge < -0.3 is 14.9 Å². The van der Waals surface area contributed by atoms with Crippen LogP contribution in [-0.2, 0) is 0 Å². The van der Waals surface area contributed by atoms with E-state index in [1.807, 2.05) is 6.92 Å². The Kier molecular flexibility index (Phi) is 4.85. The minimum absolute atomic E-state index is 0.204. The van der Waals surface area contributed by atoms with Crippen molar-refractivity contribution in [3.8, 4) is 0 Å². The molecule has 84 valence electrons. The lowest BCUT2D eigenvalue weighted by Gasteiger charge is -2.36. The average Bonchev–Trinajstić information content (AvgIpc) is 2.17. The van der Waals surface area contributed by atoms with Crippen molar-refractivity contribution in [1.29, 1.82) is 0 Å². The summed E-state index contributed by atoms with van der Waals surface area (Å²) < 4.78 is 0. The number of likely N-dealkylation sites (N-methyl/N-ethyl adjacent to an activating group) is 1. The van der Waals surface area contributed by atoms with Crippen LogP contribution < -0.4 is 0 Å². The molecule has 0 aliphatic carbocycles. The third-order valence-corrected chi connectivity index (χ3v) is 3.18. The molecule has 0 saturated carbocycles. The van der Waals surface area contributed by atoms with Crippen molar-refractivity contribution in [1.82, 2.24) is 9.80 Å². The molecular weight excluding hydrogens is 176 g/mol. The van der Waals surface area contributed by atoms with Crippen molar-refractivity contribution in [2.24, 2.45) is 0 Å². The van der Waals surface area contributed by atoms with Crippen molar-refractivity contribution < 1.29 is 5.11 Å². The number of likely N-dealkylation sites (tertiary alicyclic amines) is 1. The molecule has 14 heavy (non-hydrogen) atoms. The van der Waals surface area contributed by atoms with Gasteiger partial charge in [-0.2, -0.15) is 0 Å². The van der Waals surface area contributed by atoms with Gasteiger partial charge in [-0.05, 0) is 46.4 Å². The molecule has 0 aromatic rings. The van der Waals surface area contributed by atoms with Crippen LogP contribution in [0.5, 0.6) is 0 Å². The average molecular weight is 200 g/mol. The van der Waals surface area contributed by atoms with Gasteiger partial charge in [0.25, 0.3) is 0 Å². The fraction of sp³-hybridized carbons (Fsp3) is 1.00. The first-order valence-corrected chi connectivity index (χ1v) is 5.74. The Bertz CT molecular complexity index is 153. The minimum atomic E-state index is -0.204. The molecule has 0 bridgehead atoms. The maximum Gasteiger partial charge on any atom is 0.0639 e. The van der Waals surface area contributed by atoms with E-state index in [1.165, 1.54) is 32.5 Å². The maximum atomic E-state index is 9.30. The molecule has 1 N–H and O–H groups in total. The van der Waals surface area contributed by atoms with Gasteiger partial charge in [0.2, 0.25) is 0 Å². The van der Waals surface area contributed by atoms with E-state index >= 15 is 0 Å². The molecule has 1 saturated heterocycles. The summed E-state index contributed by atoms with van der Waals surface area (Å²) in [5, 5.41) is 9.30. The molecule has 0 amide bonds. The number of rotatable bonds is 4. The second-order valence-corrected chi connectivity index (χ2v) is 4.45. The normalized spacial score (nSPS) is 22.9. The molecule has 3 nitrogen and oxygen atoms in total. The van der Waals surface area contributed by atoms with Crippen LogP contribution >= 0.6 is 0 Å². The van der Waals surface area contributed by atoms with Gasteiger partial charge in [0.1, 0.15) is 0 Å². The SMILES string of the molecule is CCN1CCC(N(C)C[C@@H](C)O)CC1. The predicted molar refractivity (Wildman–Crippen MR) is 59.4 cm³/mol. The summed E-state index contributed by atoms with van der Waals surface area (Å²) in [7, 11) is 2.12. The molecule has 1 fully saturated rings. The van der Waals surface area contributed by atoms with Gasteiger partial charge in [0.05, 0.1) is 6.10 Å². The van der Waals surface area contributed by atoms with E-state index in [1.54, 1.807) is 0 Å². The highest BCUT2D eigenvalue weighted by atomic mass is 16.3. The summed E-state index contributed by atoms with van der Waals surface area (Å²) in [6.45, 7) is 8.48. The zero-order chi connectivity index (χ0) is 10.6. The lowest BCUT2D eigenvalue weighted by Crippen LogP contribution is -2.45. The first-order valence-electron chi connectivity index (χ1n) is 5.74. The first-order chi connectivity index (χ1) is 6.63. The second kappa shape index (κ2) is 5.69. The van der Waals surface area contributed by atoms with E-state index in [9.17, 15) is 5.11 Å². The van der Waals surface area contributed by atoms with E-state index in [-0.39, 0.29) is 6.10 Å². The third-order valence-electron chi connectivity index (χ3n) is 3.18. The van der Waals surface area contributed by atoms with Crippen LogP contribution in [0.4, 0.5) is 0 Å². The van der Waals surface area contributed by atoms with E-state index in [4.69, 9.17) is 0 Å². The van der Waals surface area contributed by atoms with Crippen LogP contribution in [0.2, 0.25) is 0 Å². The van der Waals surface area contributed by atoms with E-state index in [2.05, 4.69) is 23.8 Å². The summed E-state index contributed by atoms with van der Waals surface area (Å²) >= 11 is 0. The summed E-state index contributed by atoms with van der Waals surface area (Å²) in [6.07, 6.45) is 2.29. The van der Waals surface area contributed by atoms with Crippen molar-refractivity contribution in [3.63, 3.8) is 0 Å². The number of hydrogen-bond donors (Lipinski definition) is 1. The Hall–Kier alpha value is -0.120. The Morgan fingerprint density at radius 1 is 1.43 bits per heavy atom. The van der Waals surface area contributed by atoms with Crippen LogP contribution in [-0.4, -0.2) is 60.3 Å². The molecular formula is C11H24N2O. The molecule has 0 aromatic heterocycles. The highest BCUT2D eigenvalue weighted by Gasteiger charge is 2.21. The summed E-state index contributed by atoms with van der Waals surface area (Å²) in [4.78, 5) is 4.80. The van der Waals surface area contributed by atoms with Gasteiger partial charge >= 0.3 is 0 Å². The zero-order valence-electron chi connectivity index (χ0n) is 9.74. The monoisotopic (exact) mass is 200 g/mol. The standard InChI is InChI=1S/C11H24N2O/c1-4-13-7-5-11(6-8-13)12(3)9-10(2)14/h10-11,14H,4-9H2,1-3H3/t10-/m1/s1. The molecule has 0 spiro atoms. The molecule has 1 aliphatic heterocycles. The lowest BCUT2D eigenvalue weighted by molar-refractivity contribution is 0.0830. The second-order valence-electron chi connectivity index (χ2n) is 4.45. The number of piperidine rings is 1. The number of aliphatic hydroxyl groups is 1. The minimum Gasteiger partial charge on any atom is -0.392 e. The Morgan fingerprint density at radius 3 is 2.43 bits per heavy atom. The number of hydrogen-bond acceptors (Lipinski definition) is 3. The molecule has 0 unspecified atom stereocenters. The third kappa shape index (κ3) is 3.56. The number of nitrogens with zero attached hydrogens (tertiary/aromatic N) is 2. The van der Waals surface area contributed by atoms with Crippen LogP contribution in [0.3, 0.4) is 0 Å². The molecule has 3 heteroatoms. The molecule has 1 heterocycles. The first kappa shape index (κ1) is 12.0. The fourth-order valence-corrected chi connectivity index (χ4v) is 2.24. The molecule has 1 atom stereocenters. The topological polar surface area (TPSA) is 26.7 Å². The fourth-order valence-electron chi connectivity index (χ4n) is 2.24. The van der Waals surface area contributed by atoms with Gasteiger partial charge in [-0.25, -0.2) is 0 Å². The van der Waals surface area contributed by atoms with E-state index in [0.29, 0.717) is 6.04 Å².